The molecule has 6 heteroatoms. The highest BCUT2D eigenvalue weighted by Gasteiger charge is 2.31. The molecule has 0 unspecified atom stereocenters. The van der Waals surface area contributed by atoms with Crippen LogP contribution >= 0.6 is 0 Å². The first kappa shape index (κ1) is 26.4. The minimum atomic E-state index is -0.482. The van der Waals surface area contributed by atoms with Gasteiger partial charge in [0.2, 0.25) is 5.88 Å². The number of carbonyl (C=O) groups is 1. The van der Waals surface area contributed by atoms with E-state index in [0.717, 1.165) is 24.6 Å². The van der Waals surface area contributed by atoms with Crippen LogP contribution < -0.4 is 9.64 Å². The van der Waals surface area contributed by atoms with Crippen molar-refractivity contribution in [3.05, 3.63) is 88.1 Å². The molecule has 0 bridgehead atoms. The van der Waals surface area contributed by atoms with E-state index in [0.29, 0.717) is 17.0 Å². The van der Waals surface area contributed by atoms with Crippen molar-refractivity contribution >= 4 is 17.4 Å². The minimum Gasteiger partial charge on any atom is -0.438 e. The summed E-state index contributed by atoms with van der Waals surface area (Å²) in [6.07, 6.45) is 16.5. The molecule has 0 N–H and O–H groups in total. The van der Waals surface area contributed by atoms with Crippen LogP contribution in [-0.4, -0.2) is 23.2 Å². The predicted octanol–water partition coefficient (Wildman–Crippen LogP) is 7.16. The number of rotatable bonds is 10. The van der Waals surface area contributed by atoms with Gasteiger partial charge in [-0.3, -0.25) is 4.98 Å². The molecule has 3 heterocycles. The molecule has 0 fully saturated rings. The molecule has 0 spiro atoms. The zero-order chi connectivity index (χ0) is 26.4. The van der Waals surface area contributed by atoms with Crippen molar-refractivity contribution in [3.8, 4) is 5.75 Å². The van der Waals surface area contributed by atoms with Crippen LogP contribution in [0.2, 0.25) is 0 Å². The molecular formula is C31H37N3O3. The molecule has 0 aliphatic carbocycles. The van der Waals surface area contributed by atoms with E-state index in [4.69, 9.17) is 9.57 Å². The molecule has 1 aromatic heterocycles. The molecule has 6 nitrogen and oxygen atoms in total. The fraction of sp³-hybridized carbons (Fsp3) is 0.387. The van der Waals surface area contributed by atoms with Gasteiger partial charge in [0.25, 0.3) is 0 Å². The van der Waals surface area contributed by atoms with Crippen LogP contribution in [0.3, 0.4) is 0 Å². The lowest BCUT2D eigenvalue weighted by Gasteiger charge is -2.21. The number of nitrogens with zero attached hydrogens (tertiary/aromatic N) is 3. The highest BCUT2D eigenvalue weighted by atomic mass is 16.7. The molecule has 0 amide bonds. The van der Waals surface area contributed by atoms with E-state index >= 15 is 0 Å². The number of oxime groups is 1. The Labute approximate surface area is 220 Å². The van der Waals surface area contributed by atoms with Crippen molar-refractivity contribution in [2.75, 3.05) is 11.4 Å². The third-order valence-corrected chi connectivity index (χ3v) is 7.29. The van der Waals surface area contributed by atoms with Crippen molar-refractivity contribution in [1.29, 1.82) is 0 Å². The van der Waals surface area contributed by atoms with Crippen molar-refractivity contribution in [3.63, 3.8) is 0 Å². The Balaban J connectivity index is 1.56. The summed E-state index contributed by atoms with van der Waals surface area (Å²) in [5.74, 6) is 1.28. The number of allylic oxidation sites excluding steroid dienone is 4. The van der Waals surface area contributed by atoms with Crippen molar-refractivity contribution in [2.45, 2.75) is 73.1 Å². The molecule has 0 atom stereocenters. The van der Waals surface area contributed by atoms with Gasteiger partial charge in [-0.05, 0) is 80.7 Å². The molecule has 2 aliphatic heterocycles. The van der Waals surface area contributed by atoms with Gasteiger partial charge in [-0.2, -0.15) is 0 Å². The Kier molecular flexibility index (Phi) is 8.59. The van der Waals surface area contributed by atoms with Crippen LogP contribution in [0, 0.1) is 27.7 Å². The molecular weight excluding hydrogens is 462 g/mol. The number of ether oxygens (including phenoxy) is 1. The highest BCUT2D eigenvalue weighted by molar-refractivity contribution is 6.28. The zero-order valence-corrected chi connectivity index (χ0v) is 22.6. The number of unbranched alkanes of at least 4 members (excludes halogenated alkanes) is 5. The standard InChI is InChI=1S/C31H37N3O3/c1-6-7-8-9-10-15-20-34-27(36-30-24(5)22(3)21(2)23(4)29(30)34)18-12-11-16-25-28(33-37-31(25)35)26-17-13-14-19-32-26/h11-14,16-19H,6-10,15,20H2,1-5H3. The lowest BCUT2D eigenvalue weighted by atomic mass is 9.96. The van der Waals surface area contributed by atoms with E-state index in [1.165, 1.54) is 60.0 Å². The summed E-state index contributed by atoms with van der Waals surface area (Å²) in [5.41, 5.74) is 7.64. The number of pyridine rings is 1. The molecule has 194 valence electrons. The summed E-state index contributed by atoms with van der Waals surface area (Å²) >= 11 is 0. The number of fused-ring (bicyclic) bond motifs is 1. The Morgan fingerprint density at radius 2 is 1.62 bits per heavy atom. The number of anilines is 1. The Morgan fingerprint density at radius 1 is 0.892 bits per heavy atom. The molecule has 0 saturated heterocycles. The number of hydrogen-bond donors (Lipinski definition) is 0. The van der Waals surface area contributed by atoms with Crippen LogP contribution in [-0.2, 0) is 9.63 Å². The largest absolute Gasteiger partial charge is 0.438 e. The number of aromatic nitrogens is 1. The molecule has 0 radical (unpaired) electrons. The second kappa shape index (κ2) is 12.0. The molecule has 2 aromatic rings. The van der Waals surface area contributed by atoms with Gasteiger partial charge < -0.3 is 14.5 Å². The third-order valence-electron chi connectivity index (χ3n) is 7.29. The number of carbonyl (C=O) groups excluding carboxylic acids is 1. The number of hydrogen-bond acceptors (Lipinski definition) is 6. The molecule has 4 rings (SSSR count). The SMILES string of the molecule is CCCCCCCCN1C(=CC=CC=C2C(=O)ON=C2c2ccccn2)Oc2c(C)c(C)c(C)c(C)c21. The van der Waals surface area contributed by atoms with Crippen LogP contribution in [0.4, 0.5) is 5.69 Å². The van der Waals surface area contributed by atoms with Gasteiger partial charge >= 0.3 is 5.97 Å². The summed E-state index contributed by atoms with van der Waals surface area (Å²) < 4.78 is 6.44. The predicted molar refractivity (Wildman–Crippen MR) is 149 cm³/mol. The fourth-order valence-corrected chi connectivity index (χ4v) is 4.78. The van der Waals surface area contributed by atoms with Crippen molar-refractivity contribution in [1.82, 2.24) is 4.98 Å². The van der Waals surface area contributed by atoms with Gasteiger partial charge in [0.15, 0.2) is 5.75 Å². The molecule has 1 aromatic carbocycles. The summed E-state index contributed by atoms with van der Waals surface area (Å²) in [6, 6.07) is 5.48. The fourth-order valence-electron chi connectivity index (χ4n) is 4.78. The van der Waals surface area contributed by atoms with E-state index in [1.54, 1.807) is 18.3 Å². The minimum absolute atomic E-state index is 0.380. The zero-order valence-electron chi connectivity index (χ0n) is 22.6. The Hall–Kier alpha value is -3.67. The van der Waals surface area contributed by atoms with E-state index in [2.05, 4.69) is 49.7 Å². The lowest BCUT2D eigenvalue weighted by Crippen LogP contribution is -2.22. The van der Waals surface area contributed by atoms with E-state index in [9.17, 15) is 4.79 Å². The second-order valence-electron chi connectivity index (χ2n) is 9.70. The summed E-state index contributed by atoms with van der Waals surface area (Å²) in [7, 11) is 0. The normalized spacial score (nSPS) is 17.1. The monoisotopic (exact) mass is 499 g/mol. The average Bonchev–Trinajstić information content (AvgIpc) is 3.47. The van der Waals surface area contributed by atoms with Crippen LogP contribution in [0.1, 0.15) is 73.4 Å². The quantitative estimate of drug-likeness (QED) is 0.197. The van der Waals surface area contributed by atoms with Gasteiger partial charge in [0.1, 0.15) is 5.71 Å². The van der Waals surface area contributed by atoms with Gasteiger partial charge in [-0.15, -0.1) is 0 Å². The molecule has 0 saturated carbocycles. The summed E-state index contributed by atoms with van der Waals surface area (Å²) in [6.45, 7) is 11.8. The topological polar surface area (TPSA) is 64.0 Å². The Morgan fingerprint density at radius 3 is 2.38 bits per heavy atom. The first-order valence-electron chi connectivity index (χ1n) is 13.3. The van der Waals surface area contributed by atoms with E-state index < -0.39 is 5.97 Å². The summed E-state index contributed by atoms with van der Waals surface area (Å²) in [5, 5.41) is 3.91. The van der Waals surface area contributed by atoms with Gasteiger partial charge in [-0.1, -0.05) is 62.4 Å². The summed E-state index contributed by atoms with van der Waals surface area (Å²) in [4.78, 5) is 23.8. The van der Waals surface area contributed by atoms with Crippen LogP contribution in [0.5, 0.6) is 5.75 Å². The number of benzene rings is 1. The smallest absolute Gasteiger partial charge is 0.368 e. The molecule has 2 aliphatic rings. The lowest BCUT2D eigenvalue weighted by molar-refractivity contribution is -0.136. The maximum absolute atomic E-state index is 12.2. The first-order chi connectivity index (χ1) is 17.9. The van der Waals surface area contributed by atoms with Gasteiger partial charge in [0.05, 0.1) is 17.0 Å². The maximum atomic E-state index is 12.2. The maximum Gasteiger partial charge on any atom is 0.368 e. The van der Waals surface area contributed by atoms with E-state index in [1.807, 2.05) is 30.4 Å². The van der Waals surface area contributed by atoms with Crippen LogP contribution in [0.15, 0.2) is 65.3 Å². The third kappa shape index (κ3) is 5.68. The van der Waals surface area contributed by atoms with Gasteiger partial charge in [0, 0.05) is 12.7 Å². The Bertz CT molecular complexity index is 1270. The van der Waals surface area contributed by atoms with Crippen molar-refractivity contribution in [2.24, 2.45) is 5.16 Å². The molecule has 37 heavy (non-hydrogen) atoms. The first-order valence-corrected chi connectivity index (χ1v) is 13.3. The van der Waals surface area contributed by atoms with Crippen molar-refractivity contribution < 1.29 is 14.4 Å². The second-order valence-corrected chi connectivity index (χ2v) is 9.70. The van der Waals surface area contributed by atoms with Crippen LogP contribution in [0.25, 0.3) is 0 Å². The average molecular weight is 500 g/mol. The highest BCUT2D eigenvalue weighted by Crippen LogP contribution is 2.46. The van der Waals surface area contributed by atoms with Gasteiger partial charge in [-0.25, -0.2) is 4.79 Å². The van der Waals surface area contributed by atoms with E-state index in [-0.39, 0.29) is 0 Å².